The predicted molar refractivity (Wildman–Crippen MR) is 76.0 cm³/mol. The lowest BCUT2D eigenvalue weighted by molar-refractivity contribution is 0.288. The largest absolute Gasteiger partial charge is 0.493 e. The van der Waals surface area contributed by atoms with Gasteiger partial charge in [-0.25, -0.2) is 0 Å². The Bertz CT molecular complexity index is 392. The van der Waals surface area contributed by atoms with Gasteiger partial charge in [0, 0.05) is 4.83 Å². The quantitative estimate of drug-likeness (QED) is 0.707. The molecule has 17 heavy (non-hydrogen) atoms. The summed E-state index contributed by atoms with van der Waals surface area (Å²) in [6.45, 7) is 7.71. The van der Waals surface area contributed by atoms with Gasteiger partial charge in [-0.2, -0.15) is 0 Å². The highest BCUT2D eigenvalue weighted by Gasteiger charge is 2.19. The van der Waals surface area contributed by atoms with Gasteiger partial charge in [-0.3, -0.25) is 0 Å². The van der Waals surface area contributed by atoms with Crippen LogP contribution in [0.15, 0.2) is 18.2 Å². The third-order valence-corrected chi connectivity index (χ3v) is 3.94. The maximum Gasteiger partial charge on any atom is 0.122 e. The van der Waals surface area contributed by atoms with Crippen LogP contribution in [0.4, 0.5) is 0 Å². The van der Waals surface area contributed by atoms with E-state index in [1.54, 1.807) is 0 Å². The molecule has 0 saturated heterocycles. The van der Waals surface area contributed by atoms with Gasteiger partial charge in [-0.15, -0.1) is 0 Å². The van der Waals surface area contributed by atoms with Crippen LogP contribution in [-0.4, -0.2) is 6.61 Å². The Kier molecular flexibility index (Phi) is 3.82. The molecule has 0 aliphatic carbocycles. The van der Waals surface area contributed by atoms with Crippen molar-refractivity contribution >= 4 is 15.9 Å². The Balaban J connectivity index is 2.16. The van der Waals surface area contributed by atoms with Crippen LogP contribution in [0.2, 0.25) is 0 Å². The third kappa shape index (κ3) is 3.48. The van der Waals surface area contributed by atoms with E-state index in [1.165, 1.54) is 11.1 Å². The summed E-state index contributed by atoms with van der Waals surface area (Å²) in [5.41, 5.74) is 3.09. The van der Waals surface area contributed by atoms with Crippen molar-refractivity contribution in [1.29, 1.82) is 0 Å². The molecule has 1 nitrogen and oxygen atoms in total. The Labute approximate surface area is 113 Å². The van der Waals surface area contributed by atoms with Gasteiger partial charge in [0.15, 0.2) is 0 Å². The van der Waals surface area contributed by atoms with Gasteiger partial charge in [-0.1, -0.05) is 48.8 Å². The molecule has 0 spiro atoms. The molecular weight excluding hydrogens is 276 g/mol. The molecular formula is C15H21BrO. The van der Waals surface area contributed by atoms with E-state index in [0.29, 0.717) is 10.2 Å². The zero-order valence-corrected chi connectivity index (χ0v) is 12.5. The lowest BCUT2D eigenvalue weighted by Gasteiger charge is -2.24. The van der Waals surface area contributed by atoms with Crippen LogP contribution < -0.4 is 4.74 Å². The first-order valence-corrected chi connectivity index (χ1v) is 7.27. The van der Waals surface area contributed by atoms with Crippen LogP contribution in [-0.2, 0) is 6.42 Å². The topological polar surface area (TPSA) is 9.23 Å². The average Bonchev–Trinajstić information content (AvgIpc) is 2.26. The summed E-state index contributed by atoms with van der Waals surface area (Å²) in [6, 6.07) is 6.62. The van der Waals surface area contributed by atoms with Crippen molar-refractivity contribution < 1.29 is 4.74 Å². The second kappa shape index (κ2) is 5.01. The number of rotatable bonds is 2. The minimum absolute atomic E-state index is 0.348. The molecule has 2 rings (SSSR count). The van der Waals surface area contributed by atoms with Crippen LogP contribution in [0.5, 0.6) is 5.75 Å². The van der Waals surface area contributed by atoms with Crippen LogP contribution in [0.3, 0.4) is 0 Å². The van der Waals surface area contributed by atoms with Gasteiger partial charge in [0.1, 0.15) is 5.75 Å². The van der Waals surface area contributed by atoms with Crippen LogP contribution >= 0.6 is 15.9 Å². The summed E-state index contributed by atoms with van der Waals surface area (Å²) >= 11 is 3.81. The van der Waals surface area contributed by atoms with E-state index in [1.807, 2.05) is 0 Å². The van der Waals surface area contributed by atoms with E-state index in [0.717, 1.165) is 31.6 Å². The van der Waals surface area contributed by atoms with Crippen molar-refractivity contribution in [3.63, 3.8) is 0 Å². The third-order valence-electron chi connectivity index (χ3n) is 3.09. The normalized spacial score (nSPS) is 17.2. The number of aryl methyl sites for hydroxylation is 1. The lowest BCUT2D eigenvalue weighted by atomic mass is 9.88. The van der Waals surface area contributed by atoms with E-state index >= 15 is 0 Å². The van der Waals surface area contributed by atoms with Crippen molar-refractivity contribution in [2.75, 3.05) is 6.61 Å². The lowest BCUT2D eigenvalue weighted by Crippen LogP contribution is -2.11. The standard InChI is InChI=1S/C15H21BrO/c1-15(2,3)10-13(16)11-6-7-14-12(9-11)5-4-8-17-14/h6-7,9,13H,4-5,8,10H2,1-3H3. The number of hydrogen-bond donors (Lipinski definition) is 0. The maximum absolute atomic E-state index is 5.64. The first-order valence-electron chi connectivity index (χ1n) is 6.35. The van der Waals surface area contributed by atoms with Gasteiger partial charge >= 0.3 is 0 Å². The first kappa shape index (κ1) is 12.9. The minimum atomic E-state index is 0.348. The molecule has 1 aromatic rings. The highest BCUT2D eigenvalue weighted by Crippen LogP contribution is 2.37. The molecule has 0 saturated carbocycles. The smallest absolute Gasteiger partial charge is 0.122 e. The van der Waals surface area contributed by atoms with Gasteiger partial charge < -0.3 is 4.74 Å². The van der Waals surface area contributed by atoms with E-state index in [4.69, 9.17) is 4.74 Å². The minimum Gasteiger partial charge on any atom is -0.493 e. The molecule has 1 aliphatic heterocycles. The molecule has 0 fully saturated rings. The molecule has 0 bridgehead atoms. The summed E-state index contributed by atoms with van der Waals surface area (Å²) < 4.78 is 5.64. The second-order valence-electron chi connectivity index (χ2n) is 6.05. The fourth-order valence-electron chi connectivity index (χ4n) is 2.23. The summed E-state index contributed by atoms with van der Waals surface area (Å²) in [6.07, 6.45) is 3.44. The highest BCUT2D eigenvalue weighted by atomic mass is 79.9. The van der Waals surface area contributed by atoms with E-state index < -0.39 is 0 Å². The van der Waals surface area contributed by atoms with Crippen molar-refractivity contribution in [2.45, 2.75) is 44.9 Å². The number of benzene rings is 1. The molecule has 0 N–H and O–H groups in total. The summed E-state index contributed by atoms with van der Waals surface area (Å²) in [4.78, 5) is 0.440. The number of hydrogen-bond acceptors (Lipinski definition) is 1. The molecule has 1 unspecified atom stereocenters. The molecule has 1 heterocycles. The molecule has 94 valence electrons. The SMILES string of the molecule is CC(C)(C)CC(Br)c1ccc2c(c1)CCCO2. The summed E-state index contributed by atoms with van der Waals surface area (Å²) in [5, 5.41) is 0. The van der Waals surface area contributed by atoms with Crippen LogP contribution in [0, 0.1) is 5.41 Å². The zero-order valence-electron chi connectivity index (χ0n) is 10.9. The zero-order chi connectivity index (χ0) is 12.5. The van der Waals surface area contributed by atoms with Crippen LogP contribution in [0.25, 0.3) is 0 Å². The molecule has 0 radical (unpaired) electrons. The maximum atomic E-state index is 5.64. The van der Waals surface area contributed by atoms with E-state index in [-0.39, 0.29) is 0 Å². The molecule has 1 aliphatic rings. The van der Waals surface area contributed by atoms with Crippen molar-refractivity contribution in [3.05, 3.63) is 29.3 Å². The van der Waals surface area contributed by atoms with Gasteiger partial charge in [-0.05, 0) is 41.9 Å². The Morgan fingerprint density at radius 2 is 2.12 bits per heavy atom. The van der Waals surface area contributed by atoms with Crippen molar-refractivity contribution in [3.8, 4) is 5.75 Å². The highest BCUT2D eigenvalue weighted by molar-refractivity contribution is 9.09. The first-order chi connectivity index (χ1) is 7.96. The van der Waals surface area contributed by atoms with Gasteiger partial charge in [0.05, 0.1) is 6.61 Å². The Morgan fingerprint density at radius 3 is 2.82 bits per heavy atom. The van der Waals surface area contributed by atoms with E-state index in [2.05, 4.69) is 54.9 Å². The molecule has 0 amide bonds. The number of halogens is 1. The van der Waals surface area contributed by atoms with Crippen molar-refractivity contribution in [2.24, 2.45) is 5.41 Å². The number of fused-ring (bicyclic) bond motifs is 1. The molecule has 2 heteroatoms. The van der Waals surface area contributed by atoms with Crippen LogP contribution in [0.1, 0.15) is 49.6 Å². The number of ether oxygens (including phenoxy) is 1. The molecule has 1 atom stereocenters. The summed E-state index contributed by atoms with van der Waals surface area (Å²) in [5.74, 6) is 1.08. The van der Waals surface area contributed by atoms with E-state index in [9.17, 15) is 0 Å². The fourth-order valence-corrected chi connectivity index (χ4v) is 3.49. The molecule has 1 aromatic carbocycles. The fraction of sp³-hybridized carbons (Fsp3) is 0.600. The predicted octanol–water partition coefficient (Wildman–Crippen LogP) is 4.88. The van der Waals surface area contributed by atoms with Gasteiger partial charge in [0.25, 0.3) is 0 Å². The Morgan fingerprint density at radius 1 is 1.35 bits per heavy atom. The second-order valence-corrected chi connectivity index (χ2v) is 7.16. The molecule has 0 aromatic heterocycles. The summed E-state index contributed by atoms with van der Waals surface area (Å²) in [7, 11) is 0. The average molecular weight is 297 g/mol. The van der Waals surface area contributed by atoms with Crippen molar-refractivity contribution in [1.82, 2.24) is 0 Å². The Hall–Kier alpha value is -0.500. The number of alkyl halides is 1. The monoisotopic (exact) mass is 296 g/mol. The van der Waals surface area contributed by atoms with Gasteiger partial charge in [0.2, 0.25) is 0 Å².